The molecule has 0 saturated carbocycles. The average Bonchev–Trinajstić information content (AvgIpc) is 2.95. The molecule has 0 unspecified atom stereocenters. The molecule has 0 aliphatic rings. The van der Waals surface area contributed by atoms with Gasteiger partial charge in [-0.15, -0.1) is 0 Å². The molecule has 0 bridgehead atoms. The maximum atomic E-state index is 12.6. The molecule has 0 saturated heterocycles. The molecule has 0 aliphatic carbocycles. The van der Waals surface area contributed by atoms with E-state index in [0.29, 0.717) is 0 Å². The van der Waals surface area contributed by atoms with Gasteiger partial charge in [-0.25, -0.2) is 0 Å². The summed E-state index contributed by atoms with van der Waals surface area (Å²) in [7, 11) is 0. The molecule has 39 heavy (non-hydrogen) atoms. The fourth-order valence-electron chi connectivity index (χ4n) is 5.86. The molecule has 0 spiro atoms. The van der Waals surface area contributed by atoms with E-state index < -0.39 is 12.8 Å². The Balaban J connectivity index is 4.23. The topological polar surface area (TPSA) is 17.1 Å². The van der Waals surface area contributed by atoms with Crippen LogP contribution in [0.25, 0.3) is 0 Å². The van der Waals surface area contributed by atoms with Gasteiger partial charge < -0.3 is 0 Å². The fourth-order valence-corrected chi connectivity index (χ4v) is 10.2. The van der Waals surface area contributed by atoms with Gasteiger partial charge in [-0.05, 0) is 0 Å². The first kappa shape index (κ1) is 39.2. The van der Waals surface area contributed by atoms with Crippen LogP contribution in [0.1, 0.15) is 213 Å². The van der Waals surface area contributed by atoms with Crippen molar-refractivity contribution < 1.29 is 17.6 Å². The molecular formula is C37H76FeO. The first-order valence-electron chi connectivity index (χ1n) is 18.3. The number of unbranched alkanes of at least 4 members (excludes halogenated alkanes) is 27. The Morgan fingerprint density at radius 3 is 0.667 bits per heavy atom. The van der Waals surface area contributed by atoms with Crippen molar-refractivity contribution in [3.05, 3.63) is 0 Å². The third-order valence-corrected chi connectivity index (χ3v) is 13.7. The first-order chi connectivity index (χ1) is 19.2. The normalized spacial score (nSPS) is 12.3. The van der Waals surface area contributed by atoms with E-state index in [0.717, 1.165) is 0 Å². The minimum atomic E-state index is -1.55. The average molecular weight is 593 g/mol. The summed E-state index contributed by atoms with van der Waals surface area (Å²) in [6.07, 6.45) is 42.0. The Morgan fingerprint density at radius 1 is 0.308 bits per heavy atom. The summed E-state index contributed by atoms with van der Waals surface area (Å²) >= 11 is -1.55. The Morgan fingerprint density at radius 2 is 0.487 bits per heavy atom. The van der Waals surface area contributed by atoms with Gasteiger partial charge in [0.1, 0.15) is 0 Å². The zero-order valence-electron chi connectivity index (χ0n) is 27.7. The van der Waals surface area contributed by atoms with E-state index in [-0.39, 0.29) is 0 Å². The molecule has 0 radical (unpaired) electrons. The SMILES string of the molecule is CCCCCCCCCCC[CH2][Fe]([CH]=O)([CH2]CCCCCCCCCCC)[CH2]CCCCCCCCCCC. The zero-order chi connectivity index (χ0) is 28.5. The molecule has 0 amide bonds. The van der Waals surface area contributed by atoms with Gasteiger partial charge in [-0.1, -0.05) is 0 Å². The fraction of sp³-hybridized carbons (Fsp3) is 0.973. The third kappa shape index (κ3) is 28.1. The van der Waals surface area contributed by atoms with E-state index in [1.54, 1.807) is 5.18 Å². The van der Waals surface area contributed by atoms with Crippen LogP contribution in [0.2, 0.25) is 16.0 Å². The van der Waals surface area contributed by atoms with E-state index in [9.17, 15) is 4.79 Å². The summed E-state index contributed by atoms with van der Waals surface area (Å²) in [6, 6.07) is 0. The van der Waals surface area contributed by atoms with Gasteiger partial charge in [-0.2, -0.15) is 0 Å². The van der Waals surface area contributed by atoms with Crippen LogP contribution in [0.3, 0.4) is 0 Å². The van der Waals surface area contributed by atoms with Crippen LogP contribution in [0, 0.1) is 0 Å². The predicted octanol–water partition coefficient (Wildman–Crippen LogP) is 14.3. The minimum absolute atomic E-state index is 1.28. The number of carbonyl (C=O) groups is 1. The molecule has 0 heterocycles. The van der Waals surface area contributed by atoms with Crippen molar-refractivity contribution in [2.45, 2.75) is 229 Å². The van der Waals surface area contributed by atoms with Crippen molar-refractivity contribution in [2.75, 3.05) is 0 Å². The molecule has 2 heteroatoms. The van der Waals surface area contributed by atoms with Gasteiger partial charge in [0.15, 0.2) is 0 Å². The van der Waals surface area contributed by atoms with E-state index >= 15 is 0 Å². The van der Waals surface area contributed by atoms with Crippen LogP contribution in [-0.4, -0.2) is 5.18 Å². The van der Waals surface area contributed by atoms with Crippen LogP contribution in [-0.2, 0) is 17.6 Å². The number of hydrogen-bond donors (Lipinski definition) is 0. The second-order valence-electron chi connectivity index (χ2n) is 12.6. The molecule has 0 aromatic heterocycles. The van der Waals surface area contributed by atoms with E-state index in [1.807, 2.05) is 0 Å². The Kier molecular flexibility index (Phi) is 32.9. The first-order valence-corrected chi connectivity index (χ1v) is 21.3. The van der Waals surface area contributed by atoms with Crippen LogP contribution >= 0.6 is 0 Å². The second kappa shape index (κ2) is 32.7. The van der Waals surface area contributed by atoms with Crippen molar-refractivity contribution in [3.8, 4) is 0 Å². The Labute approximate surface area is 251 Å². The summed E-state index contributed by atoms with van der Waals surface area (Å²) in [5, 5.41) is 5.38. The van der Waals surface area contributed by atoms with Crippen LogP contribution in [0.4, 0.5) is 0 Å². The van der Waals surface area contributed by atoms with Crippen LogP contribution in [0.5, 0.6) is 0 Å². The maximum absolute atomic E-state index is 12.6. The van der Waals surface area contributed by atoms with Gasteiger partial charge in [0.25, 0.3) is 0 Å². The molecule has 0 aromatic carbocycles. The summed E-state index contributed by atoms with van der Waals surface area (Å²) in [6.45, 7) is 6.90. The zero-order valence-corrected chi connectivity index (χ0v) is 28.8. The molecule has 238 valence electrons. The standard InChI is InChI=1S/3C12H25.CHO.Fe/c3*1-3-5-7-9-11-12-10-8-6-4-2;1-2;/h3*1,3-12H2,2H3;1H;. The number of carbonyl (C=O) groups excluding carboxylic acids is 1. The Hall–Kier alpha value is 0.189. The van der Waals surface area contributed by atoms with Gasteiger partial charge in [-0.3, -0.25) is 0 Å². The van der Waals surface area contributed by atoms with E-state index in [1.165, 1.54) is 209 Å². The van der Waals surface area contributed by atoms with Crippen molar-refractivity contribution in [1.29, 1.82) is 0 Å². The molecule has 0 atom stereocenters. The molecular weight excluding hydrogens is 516 g/mol. The molecule has 0 rings (SSSR count). The van der Waals surface area contributed by atoms with Gasteiger partial charge in [0, 0.05) is 0 Å². The molecule has 0 N–H and O–H groups in total. The quantitative estimate of drug-likeness (QED) is 0.0413. The van der Waals surface area contributed by atoms with E-state index in [4.69, 9.17) is 0 Å². The predicted molar refractivity (Wildman–Crippen MR) is 177 cm³/mol. The van der Waals surface area contributed by atoms with Gasteiger partial charge in [0.05, 0.1) is 0 Å². The van der Waals surface area contributed by atoms with Gasteiger partial charge in [0.2, 0.25) is 0 Å². The molecule has 0 aromatic rings. The third-order valence-electron chi connectivity index (χ3n) is 8.67. The summed E-state index contributed by atoms with van der Waals surface area (Å²) in [5.41, 5.74) is 0. The summed E-state index contributed by atoms with van der Waals surface area (Å²) in [4.78, 5) is 12.6. The van der Waals surface area contributed by atoms with Crippen molar-refractivity contribution >= 4 is 5.18 Å². The van der Waals surface area contributed by atoms with Crippen molar-refractivity contribution in [2.24, 2.45) is 0 Å². The van der Waals surface area contributed by atoms with Crippen LogP contribution < -0.4 is 0 Å². The number of rotatable bonds is 34. The Bertz CT molecular complexity index is 403. The molecule has 1 nitrogen and oxygen atoms in total. The van der Waals surface area contributed by atoms with Crippen LogP contribution in [0.15, 0.2) is 0 Å². The monoisotopic (exact) mass is 593 g/mol. The summed E-state index contributed by atoms with van der Waals surface area (Å²) < 4.78 is 0. The number of hydrogen-bond acceptors (Lipinski definition) is 1. The van der Waals surface area contributed by atoms with Crippen molar-refractivity contribution in [1.82, 2.24) is 0 Å². The molecule has 0 fully saturated rings. The van der Waals surface area contributed by atoms with Gasteiger partial charge >= 0.3 is 252 Å². The second-order valence-corrected chi connectivity index (χ2v) is 17.5. The van der Waals surface area contributed by atoms with E-state index in [2.05, 4.69) is 20.8 Å². The molecule has 0 aliphatic heterocycles. The summed E-state index contributed by atoms with van der Waals surface area (Å²) in [5.74, 6) is 0. The van der Waals surface area contributed by atoms with Crippen molar-refractivity contribution in [3.63, 3.8) is 0 Å².